The molecular weight excluding hydrogens is 372 g/mol. The number of fused-ring (bicyclic) bond motifs is 1. The summed E-state index contributed by atoms with van der Waals surface area (Å²) in [6.07, 6.45) is 0. The van der Waals surface area contributed by atoms with Crippen LogP contribution in [0.1, 0.15) is 10.4 Å². The Morgan fingerprint density at radius 1 is 1.11 bits per heavy atom. The number of ether oxygens (including phenoxy) is 1. The van der Waals surface area contributed by atoms with Gasteiger partial charge in [-0.3, -0.25) is 4.79 Å². The second-order valence-electron chi connectivity index (χ2n) is 6.21. The average molecular weight is 389 g/mol. The number of benzene rings is 2. The average Bonchev–Trinajstić information content (AvgIpc) is 3.14. The van der Waals surface area contributed by atoms with Gasteiger partial charge >= 0.3 is 0 Å². The summed E-state index contributed by atoms with van der Waals surface area (Å²) in [7, 11) is 1.62. The van der Waals surface area contributed by atoms with E-state index in [-0.39, 0.29) is 11.5 Å². The molecule has 0 unspecified atom stereocenters. The van der Waals surface area contributed by atoms with Gasteiger partial charge in [-0.2, -0.15) is 0 Å². The number of methoxy groups -OCH3 is 1. The van der Waals surface area contributed by atoms with E-state index < -0.39 is 11.6 Å². The molecule has 2 aromatic carbocycles. The maximum Gasteiger partial charge on any atom is 0.254 e. The molecule has 0 spiro atoms. The largest absolute Gasteiger partial charge is 0.494 e. The predicted molar refractivity (Wildman–Crippen MR) is 101 cm³/mol. The molecule has 1 aliphatic rings. The highest BCUT2D eigenvalue weighted by molar-refractivity contribution is 7.22. The fourth-order valence-electron chi connectivity index (χ4n) is 3.12. The quantitative estimate of drug-likeness (QED) is 0.687. The minimum atomic E-state index is -1.01. The molecule has 0 radical (unpaired) electrons. The van der Waals surface area contributed by atoms with Crippen LogP contribution in [0.15, 0.2) is 36.4 Å². The van der Waals surface area contributed by atoms with E-state index in [1.807, 2.05) is 18.2 Å². The molecule has 5 nitrogen and oxygen atoms in total. The molecule has 27 heavy (non-hydrogen) atoms. The molecule has 0 bridgehead atoms. The molecule has 140 valence electrons. The van der Waals surface area contributed by atoms with Gasteiger partial charge in [-0.05, 0) is 30.3 Å². The number of halogens is 2. The monoisotopic (exact) mass is 389 g/mol. The van der Waals surface area contributed by atoms with Crippen molar-refractivity contribution in [3.8, 4) is 5.75 Å². The highest BCUT2D eigenvalue weighted by Gasteiger charge is 2.25. The van der Waals surface area contributed by atoms with E-state index in [0.717, 1.165) is 33.2 Å². The highest BCUT2D eigenvalue weighted by Crippen LogP contribution is 2.34. The summed E-state index contributed by atoms with van der Waals surface area (Å²) in [6, 6.07) is 9.05. The molecule has 0 atom stereocenters. The van der Waals surface area contributed by atoms with Crippen molar-refractivity contribution in [2.75, 3.05) is 38.2 Å². The summed E-state index contributed by atoms with van der Waals surface area (Å²) in [6.45, 7) is 2.23. The lowest BCUT2D eigenvalue weighted by molar-refractivity contribution is 0.0746. The number of carbonyl (C=O) groups is 1. The highest BCUT2D eigenvalue weighted by atomic mass is 32.1. The maximum absolute atomic E-state index is 13.4. The van der Waals surface area contributed by atoms with E-state index in [1.165, 1.54) is 6.07 Å². The van der Waals surface area contributed by atoms with Crippen LogP contribution in [0.5, 0.6) is 5.75 Å². The van der Waals surface area contributed by atoms with Crippen LogP contribution in [-0.2, 0) is 0 Å². The number of hydrogen-bond acceptors (Lipinski definition) is 5. The Labute approximate surface area is 158 Å². The first-order valence-corrected chi connectivity index (χ1v) is 9.31. The summed E-state index contributed by atoms with van der Waals surface area (Å²) in [5.74, 6) is -1.52. The van der Waals surface area contributed by atoms with Crippen molar-refractivity contribution >= 4 is 32.6 Å². The molecule has 3 aromatic rings. The second kappa shape index (κ2) is 7.11. The van der Waals surface area contributed by atoms with Crippen molar-refractivity contribution < 1.29 is 18.3 Å². The number of thiazole rings is 1. The fraction of sp³-hybridized carbons (Fsp3) is 0.263. The molecule has 1 fully saturated rings. The third kappa shape index (κ3) is 3.32. The number of amides is 1. The number of para-hydroxylation sites is 1. The van der Waals surface area contributed by atoms with Crippen molar-refractivity contribution in [3.63, 3.8) is 0 Å². The molecule has 0 aliphatic carbocycles. The van der Waals surface area contributed by atoms with Crippen molar-refractivity contribution in [2.24, 2.45) is 0 Å². The number of carbonyl (C=O) groups excluding carboxylic acids is 1. The Bertz CT molecular complexity index is 1000. The van der Waals surface area contributed by atoms with Gasteiger partial charge in [-0.25, -0.2) is 13.8 Å². The number of rotatable bonds is 3. The molecule has 0 N–H and O–H groups in total. The lowest BCUT2D eigenvalue weighted by Crippen LogP contribution is -2.48. The van der Waals surface area contributed by atoms with E-state index in [0.29, 0.717) is 26.2 Å². The molecule has 1 saturated heterocycles. The van der Waals surface area contributed by atoms with Crippen LogP contribution in [-0.4, -0.2) is 49.1 Å². The number of hydrogen-bond donors (Lipinski definition) is 0. The first kappa shape index (κ1) is 17.7. The molecule has 0 saturated carbocycles. The van der Waals surface area contributed by atoms with Gasteiger partial charge in [0.1, 0.15) is 11.3 Å². The molecule has 8 heteroatoms. The topological polar surface area (TPSA) is 45.7 Å². The summed E-state index contributed by atoms with van der Waals surface area (Å²) in [5.41, 5.74) is 0.993. The van der Waals surface area contributed by atoms with E-state index >= 15 is 0 Å². The van der Waals surface area contributed by atoms with Crippen LogP contribution < -0.4 is 9.64 Å². The van der Waals surface area contributed by atoms with E-state index in [1.54, 1.807) is 23.3 Å². The zero-order valence-corrected chi connectivity index (χ0v) is 15.4. The smallest absolute Gasteiger partial charge is 0.254 e. The Balaban J connectivity index is 1.47. The molecule has 1 aliphatic heterocycles. The zero-order chi connectivity index (χ0) is 19.0. The Morgan fingerprint density at radius 2 is 1.89 bits per heavy atom. The summed E-state index contributed by atoms with van der Waals surface area (Å²) < 4.78 is 32.9. The number of piperazine rings is 1. The predicted octanol–water partition coefficient (Wildman–Crippen LogP) is 3.55. The third-order valence-corrected chi connectivity index (χ3v) is 5.68. The molecular formula is C19H17F2N3O2S. The lowest BCUT2D eigenvalue weighted by atomic mass is 10.1. The van der Waals surface area contributed by atoms with Crippen molar-refractivity contribution in [2.45, 2.75) is 0 Å². The van der Waals surface area contributed by atoms with E-state index in [9.17, 15) is 13.6 Å². The SMILES string of the molecule is COc1cccc2sc(N3CCN(C(=O)c4ccc(F)c(F)c4)CC3)nc12. The number of anilines is 1. The van der Waals surface area contributed by atoms with Gasteiger partial charge in [0, 0.05) is 31.7 Å². The first-order chi connectivity index (χ1) is 13.1. The van der Waals surface area contributed by atoms with Gasteiger partial charge in [0.25, 0.3) is 5.91 Å². The van der Waals surface area contributed by atoms with Crippen molar-refractivity contribution in [1.29, 1.82) is 0 Å². The van der Waals surface area contributed by atoms with Gasteiger partial charge in [0.05, 0.1) is 11.8 Å². The normalized spacial score (nSPS) is 14.6. The zero-order valence-electron chi connectivity index (χ0n) is 14.6. The maximum atomic E-state index is 13.4. The van der Waals surface area contributed by atoms with Crippen LogP contribution in [0.4, 0.5) is 13.9 Å². The van der Waals surface area contributed by atoms with Gasteiger partial charge in [-0.1, -0.05) is 17.4 Å². The summed E-state index contributed by atoms with van der Waals surface area (Å²) in [5, 5.41) is 0.884. The molecule has 2 heterocycles. The number of nitrogens with zero attached hydrogens (tertiary/aromatic N) is 3. The third-order valence-electron chi connectivity index (χ3n) is 4.59. The van der Waals surface area contributed by atoms with E-state index in [2.05, 4.69) is 9.88 Å². The Kier molecular flexibility index (Phi) is 4.65. The molecule has 1 amide bonds. The van der Waals surface area contributed by atoms with Gasteiger partial charge < -0.3 is 14.5 Å². The van der Waals surface area contributed by atoms with Gasteiger partial charge in [0.2, 0.25) is 0 Å². The van der Waals surface area contributed by atoms with Crippen molar-refractivity contribution in [1.82, 2.24) is 9.88 Å². The molecule has 4 rings (SSSR count). The Hall–Kier alpha value is -2.74. The minimum absolute atomic E-state index is 0.159. The van der Waals surface area contributed by atoms with Crippen molar-refractivity contribution in [3.05, 3.63) is 53.6 Å². The first-order valence-electron chi connectivity index (χ1n) is 8.49. The van der Waals surface area contributed by atoms with E-state index in [4.69, 9.17) is 4.74 Å². The van der Waals surface area contributed by atoms with Crippen LogP contribution in [0, 0.1) is 11.6 Å². The van der Waals surface area contributed by atoms with Crippen LogP contribution >= 0.6 is 11.3 Å². The molecule has 1 aromatic heterocycles. The summed E-state index contributed by atoms with van der Waals surface area (Å²) in [4.78, 5) is 21.0. The lowest BCUT2D eigenvalue weighted by Gasteiger charge is -2.34. The van der Waals surface area contributed by atoms with Crippen LogP contribution in [0.25, 0.3) is 10.2 Å². The van der Waals surface area contributed by atoms with Gasteiger partial charge in [-0.15, -0.1) is 0 Å². The standard InChI is InChI=1S/C19H17F2N3O2S/c1-26-15-3-2-4-16-17(15)22-19(27-16)24-9-7-23(8-10-24)18(25)12-5-6-13(20)14(21)11-12/h2-6,11H,7-10H2,1H3. The fourth-order valence-corrected chi connectivity index (χ4v) is 4.16. The van der Waals surface area contributed by atoms with Gasteiger partial charge in [0.15, 0.2) is 16.8 Å². The minimum Gasteiger partial charge on any atom is -0.494 e. The van der Waals surface area contributed by atoms with Crippen LogP contribution in [0.2, 0.25) is 0 Å². The summed E-state index contributed by atoms with van der Waals surface area (Å²) >= 11 is 1.58. The number of aromatic nitrogens is 1. The second-order valence-corrected chi connectivity index (χ2v) is 7.22. The Morgan fingerprint density at radius 3 is 2.59 bits per heavy atom. The van der Waals surface area contributed by atoms with Crippen LogP contribution in [0.3, 0.4) is 0 Å².